The highest BCUT2D eigenvalue weighted by Crippen LogP contribution is 2.33. The Morgan fingerprint density at radius 3 is 2.58 bits per heavy atom. The maximum atomic E-state index is 13.4. The highest BCUT2D eigenvalue weighted by atomic mass is 19.2. The molecule has 2 atom stereocenters. The lowest BCUT2D eigenvalue weighted by Crippen LogP contribution is -2.33. The molecule has 12 heteroatoms. The van der Waals surface area contributed by atoms with E-state index in [0.717, 1.165) is 0 Å². The Balaban J connectivity index is 1.50. The average molecular weight is 436 g/mol. The normalized spacial score (nSPS) is 20.5. The van der Waals surface area contributed by atoms with Gasteiger partial charge in [-0.05, 0) is 6.42 Å². The van der Waals surface area contributed by atoms with Gasteiger partial charge in [-0.1, -0.05) is 0 Å². The van der Waals surface area contributed by atoms with Gasteiger partial charge in [0.05, 0.1) is 17.6 Å². The molecule has 0 radical (unpaired) electrons. The number of aryl methyl sites for hydroxylation is 1. The third-order valence-corrected chi connectivity index (χ3v) is 5.62. The van der Waals surface area contributed by atoms with Gasteiger partial charge in [0, 0.05) is 55.6 Å². The van der Waals surface area contributed by atoms with Gasteiger partial charge in [-0.25, -0.2) is 13.2 Å². The fourth-order valence-corrected chi connectivity index (χ4v) is 3.96. The smallest absolute Gasteiger partial charge is 0.227 e. The Morgan fingerprint density at radius 2 is 1.90 bits per heavy atom. The average Bonchev–Trinajstić information content (AvgIpc) is 3.33. The monoisotopic (exact) mass is 436 g/mol. The molecule has 2 aliphatic heterocycles. The van der Waals surface area contributed by atoms with Crippen molar-refractivity contribution in [2.45, 2.75) is 25.8 Å². The van der Waals surface area contributed by atoms with Crippen molar-refractivity contribution in [3.05, 3.63) is 41.5 Å². The van der Waals surface area contributed by atoms with Gasteiger partial charge in [0.25, 0.3) is 0 Å². The summed E-state index contributed by atoms with van der Waals surface area (Å²) in [5.74, 6) is -6.32. The molecule has 0 spiro atoms. The minimum absolute atomic E-state index is 0.0582. The molecule has 0 bridgehead atoms. The van der Waals surface area contributed by atoms with E-state index in [0.29, 0.717) is 36.5 Å². The van der Waals surface area contributed by atoms with Crippen LogP contribution in [0.15, 0.2) is 18.3 Å². The molecule has 0 aliphatic carbocycles. The van der Waals surface area contributed by atoms with E-state index in [1.54, 1.807) is 10.2 Å². The lowest BCUT2D eigenvalue weighted by atomic mass is 9.94. The number of hydrogen-bond acceptors (Lipinski definition) is 5. The van der Waals surface area contributed by atoms with Crippen LogP contribution in [0.1, 0.15) is 18.5 Å². The molecule has 4 N–H and O–H groups in total. The Kier molecular flexibility index (Phi) is 5.39. The fraction of sp³-hybridized carbons (Fsp3) is 0.368. The molecular formula is C19H19F3N6O3. The number of carbonyl (C=O) groups excluding carboxylic acids is 2. The Morgan fingerprint density at radius 1 is 1.19 bits per heavy atom. The first-order valence-corrected chi connectivity index (χ1v) is 9.57. The zero-order valence-electron chi connectivity index (χ0n) is 16.2. The van der Waals surface area contributed by atoms with Gasteiger partial charge < -0.3 is 10.2 Å². The van der Waals surface area contributed by atoms with Crippen LogP contribution >= 0.6 is 0 Å². The number of hydroxylamine groups is 1. The van der Waals surface area contributed by atoms with Crippen LogP contribution in [0.5, 0.6) is 0 Å². The number of benzene rings is 1. The Bertz CT molecular complexity index is 1050. The van der Waals surface area contributed by atoms with Crippen molar-refractivity contribution < 1.29 is 28.0 Å². The van der Waals surface area contributed by atoms with E-state index < -0.39 is 35.2 Å². The molecule has 1 saturated heterocycles. The SMILES string of the molecule is N=C(NO)C1CC(=O)N(c2cnn3c2CC(C(=O)Nc2cc(F)c(F)c(F)c2)CC3)C1. The molecule has 31 heavy (non-hydrogen) atoms. The molecule has 9 nitrogen and oxygen atoms in total. The van der Waals surface area contributed by atoms with Crippen molar-refractivity contribution in [1.29, 1.82) is 5.41 Å². The summed E-state index contributed by atoms with van der Waals surface area (Å²) in [4.78, 5) is 26.6. The summed E-state index contributed by atoms with van der Waals surface area (Å²) in [6.45, 7) is 0.591. The van der Waals surface area contributed by atoms with E-state index in [1.807, 2.05) is 0 Å². The number of aromatic nitrogens is 2. The summed E-state index contributed by atoms with van der Waals surface area (Å²) in [7, 11) is 0. The molecule has 1 aromatic carbocycles. The molecule has 1 aromatic heterocycles. The maximum absolute atomic E-state index is 13.4. The van der Waals surface area contributed by atoms with Crippen molar-refractivity contribution in [2.75, 3.05) is 16.8 Å². The summed E-state index contributed by atoms with van der Waals surface area (Å²) in [6, 6.07) is 1.42. The van der Waals surface area contributed by atoms with E-state index in [-0.39, 0.29) is 36.8 Å². The highest BCUT2D eigenvalue weighted by molar-refractivity contribution is 6.01. The van der Waals surface area contributed by atoms with Crippen molar-refractivity contribution >= 4 is 29.0 Å². The molecule has 3 heterocycles. The number of nitrogens with one attached hydrogen (secondary N) is 3. The molecular weight excluding hydrogens is 417 g/mol. The second-order valence-electron chi connectivity index (χ2n) is 7.56. The summed E-state index contributed by atoms with van der Waals surface area (Å²) in [6.07, 6.45) is 2.23. The van der Waals surface area contributed by atoms with Crippen molar-refractivity contribution in [2.24, 2.45) is 11.8 Å². The molecule has 1 fully saturated rings. The topological polar surface area (TPSA) is 123 Å². The second kappa shape index (κ2) is 8.02. The summed E-state index contributed by atoms with van der Waals surface area (Å²) in [5.41, 5.74) is 2.76. The van der Waals surface area contributed by atoms with Crippen LogP contribution in [0.25, 0.3) is 0 Å². The predicted octanol–water partition coefficient (Wildman–Crippen LogP) is 1.81. The van der Waals surface area contributed by atoms with Gasteiger partial charge >= 0.3 is 0 Å². The number of nitrogens with zero attached hydrogens (tertiary/aromatic N) is 3. The second-order valence-corrected chi connectivity index (χ2v) is 7.56. The van der Waals surface area contributed by atoms with E-state index >= 15 is 0 Å². The fourth-order valence-electron chi connectivity index (χ4n) is 3.96. The zero-order chi connectivity index (χ0) is 22.3. The molecule has 164 valence electrons. The third-order valence-electron chi connectivity index (χ3n) is 5.62. The molecule has 4 rings (SSSR count). The summed E-state index contributed by atoms with van der Waals surface area (Å²) >= 11 is 0. The van der Waals surface area contributed by atoms with Crippen LogP contribution in [-0.4, -0.2) is 39.2 Å². The van der Waals surface area contributed by atoms with Gasteiger partial charge in [-0.3, -0.25) is 30.4 Å². The third kappa shape index (κ3) is 3.85. The standard InChI is InChI=1S/C19H19F3N6O3/c20-12-5-11(6-13(21)17(12)22)25-19(30)9-1-2-28-14(3-9)15(7-24-28)27-8-10(4-16(27)29)18(23)26-31/h5-7,9-10,31H,1-4,8H2,(H2,23,26)(H,25,30). The quantitative estimate of drug-likeness (QED) is 0.252. The van der Waals surface area contributed by atoms with Gasteiger partial charge in [-0.15, -0.1) is 0 Å². The van der Waals surface area contributed by atoms with Crippen LogP contribution < -0.4 is 15.7 Å². The van der Waals surface area contributed by atoms with Crippen molar-refractivity contribution in [3.63, 3.8) is 0 Å². The van der Waals surface area contributed by atoms with Crippen LogP contribution in [0, 0.1) is 34.7 Å². The number of halogens is 3. The Labute approximate surface area is 174 Å². The van der Waals surface area contributed by atoms with Crippen molar-refractivity contribution in [3.8, 4) is 0 Å². The molecule has 2 amide bonds. The maximum Gasteiger partial charge on any atom is 0.227 e. The minimum atomic E-state index is -1.61. The number of anilines is 2. The first-order valence-electron chi connectivity index (χ1n) is 9.57. The molecule has 0 saturated carbocycles. The number of carbonyl (C=O) groups is 2. The summed E-state index contributed by atoms with van der Waals surface area (Å²) in [5, 5.41) is 23.3. The lowest BCUT2D eigenvalue weighted by molar-refractivity contribution is -0.120. The number of hydrogen-bond donors (Lipinski definition) is 4. The van der Waals surface area contributed by atoms with Crippen LogP contribution in [0.3, 0.4) is 0 Å². The molecule has 2 aromatic rings. The van der Waals surface area contributed by atoms with Crippen LogP contribution in [-0.2, 0) is 22.6 Å². The first kappa shape index (κ1) is 20.8. The first-order chi connectivity index (χ1) is 14.8. The van der Waals surface area contributed by atoms with Gasteiger partial charge in [-0.2, -0.15) is 5.10 Å². The van der Waals surface area contributed by atoms with Crippen LogP contribution in [0.4, 0.5) is 24.5 Å². The predicted molar refractivity (Wildman–Crippen MR) is 102 cm³/mol. The zero-order valence-corrected chi connectivity index (χ0v) is 16.2. The van der Waals surface area contributed by atoms with E-state index in [2.05, 4.69) is 10.4 Å². The molecule has 2 aliphatic rings. The van der Waals surface area contributed by atoms with Crippen molar-refractivity contribution in [1.82, 2.24) is 15.3 Å². The number of amidine groups is 1. The van der Waals surface area contributed by atoms with Gasteiger partial charge in [0.1, 0.15) is 5.84 Å². The number of amides is 2. The van der Waals surface area contributed by atoms with E-state index in [4.69, 9.17) is 10.6 Å². The van der Waals surface area contributed by atoms with E-state index in [9.17, 15) is 22.8 Å². The van der Waals surface area contributed by atoms with Gasteiger partial charge in [0.15, 0.2) is 17.5 Å². The van der Waals surface area contributed by atoms with Gasteiger partial charge in [0.2, 0.25) is 11.8 Å². The minimum Gasteiger partial charge on any atom is -0.326 e. The number of rotatable bonds is 4. The Hall–Kier alpha value is -3.41. The number of fused-ring (bicyclic) bond motifs is 1. The lowest BCUT2D eigenvalue weighted by Gasteiger charge is -2.25. The van der Waals surface area contributed by atoms with E-state index in [1.165, 1.54) is 11.1 Å². The largest absolute Gasteiger partial charge is 0.326 e. The summed E-state index contributed by atoms with van der Waals surface area (Å²) < 4.78 is 41.6. The van der Waals surface area contributed by atoms with Crippen LogP contribution in [0.2, 0.25) is 0 Å². The molecule has 2 unspecified atom stereocenters. The highest BCUT2D eigenvalue weighted by Gasteiger charge is 2.37.